The van der Waals surface area contributed by atoms with Gasteiger partial charge in [0.25, 0.3) is 0 Å². The molecule has 0 aromatic rings. The first kappa shape index (κ1) is 15.6. The Morgan fingerprint density at radius 3 is 2.12 bits per heavy atom. The molecule has 0 spiro atoms. The van der Waals surface area contributed by atoms with E-state index in [0.29, 0.717) is 12.8 Å². The Balaban J connectivity index is 3.21. The molecule has 0 amide bonds. The maximum absolute atomic E-state index is 11.1. The van der Waals surface area contributed by atoms with E-state index in [9.17, 15) is 9.90 Å². The van der Waals surface area contributed by atoms with E-state index in [1.807, 2.05) is 6.92 Å². The molecule has 2 heteroatoms. The molecule has 0 aliphatic rings. The Morgan fingerprint density at radius 2 is 1.56 bits per heavy atom. The normalized spacial score (nSPS) is 12.7. The molecular formula is C14H28O2. The van der Waals surface area contributed by atoms with Gasteiger partial charge in [-0.1, -0.05) is 58.8 Å². The highest BCUT2D eigenvalue weighted by Crippen LogP contribution is 2.11. The molecule has 1 atom stereocenters. The Kier molecular flexibility index (Phi) is 10.9. The maximum atomic E-state index is 11.1. The van der Waals surface area contributed by atoms with E-state index in [-0.39, 0.29) is 5.78 Å². The summed E-state index contributed by atoms with van der Waals surface area (Å²) in [4.78, 5) is 11.1. The van der Waals surface area contributed by atoms with Crippen LogP contribution < -0.4 is 0 Å². The van der Waals surface area contributed by atoms with Crippen LogP contribution in [-0.4, -0.2) is 17.0 Å². The Labute approximate surface area is 100 Å². The van der Waals surface area contributed by atoms with Crippen LogP contribution in [0.1, 0.15) is 78.1 Å². The van der Waals surface area contributed by atoms with Gasteiger partial charge < -0.3 is 5.11 Å². The first-order chi connectivity index (χ1) is 7.70. The molecule has 0 bridgehead atoms. The van der Waals surface area contributed by atoms with Gasteiger partial charge in [-0.2, -0.15) is 0 Å². The van der Waals surface area contributed by atoms with Crippen molar-refractivity contribution in [1.29, 1.82) is 0 Å². The molecule has 0 aliphatic heterocycles. The standard InChI is InChI=1S/C14H28O2/c1-3-5-6-7-8-9-10-11-14(16)12-13(15)4-2/h14,16H,3-12H2,1-2H3. The predicted molar refractivity (Wildman–Crippen MR) is 68.5 cm³/mol. The number of rotatable bonds is 11. The number of Topliss-reactive ketones (excluding diaryl/α,β-unsaturated/α-hetero) is 1. The lowest BCUT2D eigenvalue weighted by atomic mass is 10.0. The van der Waals surface area contributed by atoms with Crippen molar-refractivity contribution in [3.63, 3.8) is 0 Å². The summed E-state index contributed by atoms with van der Waals surface area (Å²) in [7, 11) is 0. The molecule has 1 unspecified atom stereocenters. The topological polar surface area (TPSA) is 37.3 Å². The quantitative estimate of drug-likeness (QED) is 0.545. The van der Waals surface area contributed by atoms with Crippen LogP contribution in [0.4, 0.5) is 0 Å². The van der Waals surface area contributed by atoms with Gasteiger partial charge in [0.2, 0.25) is 0 Å². The van der Waals surface area contributed by atoms with E-state index in [0.717, 1.165) is 12.8 Å². The first-order valence-corrected chi connectivity index (χ1v) is 6.90. The highest BCUT2D eigenvalue weighted by Gasteiger charge is 2.08. The SMILES string of the molecule is CCCCCCCCCC(O)CC(=O)CC. The molecular weight excluding hydrogens is 200 g/mol. The number of hydrogen-bond acceptors (Lipinski definition) is 2. The molecule has 0 radical (unpaired) electrons. The molecule has 16 heavy (non-hydrogen) atoms. The van der Waals surface area contributed by atoms with Crippen molar-refractivity contribution in [2.45, 2.75) is 84.2 Å². The average molecular weight is 228 g/mol. The van der Waals surface area contributed by atoms with Gasteiger partial charge >= 0.3 is 0 Å². The van der Waals surface area contributed by atoms with Crippen molar-refractivity contribution in [2.24, 2.45) is 0 Å². The molecule has 96 valence electrons. The van der Waals surface area contributed by atoms with Gasteiger partial charge in [-0.05, 0) is 6.42 Å². The third-order valence-corrected chi connectivity index (χ3v) is 3.00. The molecule has 1 N–H and O–H groups in total. The van der Waals surface area contributed by atoms with Crippen molar-refractivity contribution in [2.75, 3.05) is 0 Å². The van der Waals surface area contributed by atoms with Crippen molar-refractivity contribution in [3.05, 3.63) is 0 Å². The van der Waals surface area contributed by atoms with E-state index in [2.05, 4.69) is 6.92 Å². The van der Waals surface area contributed by atoms with E-state index >= 15 is 0 Å². The lowest BCUT2D eigenvalue weighted by molar-refractivity contribution is -0.120. The van der Waals surface area contributed by atoms with Crippen LogP contribution in [0.3, 0.4) is 0 Å². The number of unbranched alkanes of at least 4 members (excludes halogenated alkanes) is 6. The van der Waals surface area contributed by atoms with E-state index in [1.54, 1.807) is 0 Å². The smallest absolute Gasteiger partial charge is 0.135 e. The summed E-state index contributed by atoms with van der Waals surface area (Å²) in [6.45, 7) is 4.07. The van der Waals surface area contributed by atoms with Crippen molar-refractivity contribution in [3.8, 4) is 0 Å². The Hall–Kier alpha value is -0.370. The summed E-state index contributed by atoms with van der Waals surface area (Å²) in [5, 5.41) is 9.57. The summed E-state index contributed by atoms with van der Waals surface area (Å²) >= 11 is 0. The summed E-state index contributed by atoms with van der Waals surface area (Å²) in [6, 6.07) is 0. The molecule has 0 saturated heterocycles. The second-order valence-electron chi connectivity index (χ2n) is 4.66. The van der Waals surface area contributed by atoms with Crippen LogP contribution in [-0.2, 0) is 4.79 Å². The summed E-state index contributed by atoms with van der Waals surface area (Å²) < 4.78 is 0. The maximum Gasteiger partial charge on any atom is 0.135 e. The van der Waals surface area contributed by atoms with Crippen LogP contribution in [0.2, 0.25) is 0 Å². The number of hydrogen-bond donors (Lipinski definition) is 1. The van der Waals surface area contributed by atoms with Crippen LogP contribution in [0.15, 0.2) is 0 Å². The number of carbonyl (C=O) groups excluding carboxylic acids is 1. The molecule has 0 fully saturated rings. The Bertz CT molecular complexity index is 166. The fraction of sp³-hybridized carbons (Fsp3) is 0.929. The number of aliphatic hydroxyl groups is 1. The van der Waals surface area contributed by atoms with Gasteiger partial charge in [-0.25, -0.2) is 0 Å². The predicted octanol–water partition coefficient (Wildman–Crippen LogP) is 3.86. The Morgan fingerprint density at radius 1 is 1.00 bits per heavy atom. The van der Waals surface area contributed by atoms with E-state index < -0.39 is 6.10 Å². The fourth-order valence-electron chi connectivity index (χ4n) is 1.85. The highest BCUT2D eigenvalue weighted by atomic mass is 16.3. The van der Waals surface area contributed by atoms with Crippen LogP contribution in [0.5, 0.6) is 0 Å². The molecule has 0 heterocycles. The average Bonchev–Trinajstić information content (AvgIpc) is 2.27. The van der Waals surface area contributed by atoms with Crippen LogP contribution in [0.25, 0.3) is 0 Å². The van der Waals surface area contributed by atoms with Gasteiger partial charge in [0.05, 0.1) is 6.10 Å². The minimum Gasteiger partial charge on any atom is -0.393 e. The second kappa shape index (κ2) is 11.1. The first-order valence-electron chi connectivity index (χ1n) is 6.90. The lowest BCUT2D eigenvalue weighted by Crippen LogP contribution is -2.12. The summed E-state index contributed by atoms with van der Waals surface area (Å²) in [5.41, 5.74) is 0. The number of carbonyl (C=O) groups is 1. The van der Waals surface area contributed by atoms with Crippen molar-refractivity contribution < 1.29 is 9.90 Å². The fourth-order valence-corrected chi connectivity index (χ4v) is 1.85. The minimum atomic E-state index is -0.400. The molecule has 0 rings (SSSR count). The summed E-state index contributed by atoms with van der Waals surface area (Å²) in [5.74, 6) is 0.176. The van der Waals surface area contributed by atoms with E-state index in [1.165, 1.54) is 38.5 Å². The zero-order valence-electron chi connectivity index (χ0n) is 11.0. The van der Waals surface area contributed by atoms with Crippen molar-refractivity contribution >= 4 is 5.78 Å². The number of ketones is 1. The molecule has 0 saturated carbocycles. The summed E-state index contributed by atoms with van der Waals surface area (Å²) in [6.07, 6.45) is 10.1. The van der Waals surface area contributed by atoms with Crippen molar-refractivity contribution in [1.82, 2.24) is 0 Å². The molecule has 0 aromatic carbocycles. The third kappa shape index (κ3) is 10.2. The van der Waals surface area contributed by atoms with E-state index in [4.69, 9.17) is 0 Å². The van der Waals surface area contributed by atoms with Gasteiger partial charge in [0.15, 0.2) is 0 Å². The monoisotopic (exact) mass is 228 g/mol. The zero-order chi connectivity index (χ0) is 12.2. The molecule has 0 aliphatic carbocycles. The van der Waals surface area contributed by atoms with Gasteiger partial charge in [0.1, 0.15) is 5.78 Å². The van der Waals surface area contributed by atoms with Gasteiger partial charge in [0, 0.05) is 12.8 Å². The minimum absolute atomic E-state index is 0.176. The van der Waals surface area contributed by atoms with Crippen LogP contribution >= 0.6 is 0 Å². The lowest BCUT2D eigenvalue weighted by Gasteiger charge is -2.08. The highest BCUT2D eigenvalue weighted by molar-refractivity contribution is 5.78. The largest absolute Gasteiger partial charge is 0.393 e. The second-order valence-corrected chi connectivity index (χ2v) is 4.66. The number of aliphatic hydroxyl groups excluding tert-OH is 1. The third-order valence-electron chi connectivity index (χ3n) is 3.00. The zero-order valence-corrected chi connectivity index (χ0v) is 11.0. The van der Waals surface area contributed by atoms with Gasteiger partial charge in [-0.15, -0.1) is 0 Å². The molecule has 0 aromatic heterocycles. The van der Waals surface area contributed by atoms with Gasteiger partial charge in [-0.3, -0.25) is 4.79 Å². The molecule has 2 nitrogen and oxygen atoms in total. The van der Waals surface area contributed by atoms with Crippen LogP contribution in [0, 0.1) is 0 Å².